The van der Waals surface area contributed by atoms with Gasteiger partial charge in [-0.1, -0.05) is 6.92 Å². The van der Waals surface area contributed by atoms with E-state index in [1.165, 1.54) is 18.9 Å². The van der Waals surface area contributed by atoms with Crippen LogP contribution in [0.4, 0.5) is 4.79 Å². The van der Waals surface area contributed by atoms with E-state index < -0.39 is 5.97 Å². The summed E-state index contributed by atoms with van der Waals surface area (Å²) in [5, 5.41) is 11.8. The van der Waals surface area contributed by atoms with Crippen LogP contribution in [-0.4, -0.2) is 35.1 Å². The first kappa shape index (κ1) is 15.4. The van der Waals surface area contributed by atoms with E-state index in [-0.39, 0.29) is 18.1 Å². The highest BCUT2D eigenvalue weighted by molar-refractivity contribution is 5.88. The van der Waals surface area contributed by atoms with Gasteiger partial charge in [0.15, 0.2) is 0 Å². The third-order valence-corrected chi connectivity index (χ3v) is 3.57. The molecule has 2 rings (SSSR count). The third kappa shape index (κ3) is 4.24. The van der Waals surface area contributed by atoms with Gasteiger partial charge in [0, 0.05) is 13.1 Å². The van der Waals surface area contributed by atoms with Gasteiger partial charge in [-0.25, -0.2) is 9.59 Å². The van der Waals surface area contributed by atoms with Crippen molar-refractivity contribution in [2.24, 2.45) is 5.92 Å². The number of hydrogen-bond donors (Lipinski definition) is 2. The van der Waals surface area contributed by atoms with E-state index in [9.17, 15) is 9.59 Å². The molecule has 0 atom stereocenters. The quantitative estimate of drug-likeness (QED) is 0.809. The number of carboxylic acid groups (broad SMARTS) is 1. The number of carbonyl (C=O) groups excluding carboxylic acids is 1. The van der Waals surface area contributed by atoms with Gasteiger partial charge < -0.3 is 19.7 Å². The molecule has 0 aromatic carbocycles. The minimum atomic E-state index is -1.02. The number of nitrogens with zero attached hydrogens (tertiary/aromatic N) is 1. The van der Waals surface area contributed by atoms with Crippen LogP contribution in [0.15, 0.2) is 10.5 Å². The van der Waals surface area contributed by atoms with E-state index in [4.69, 9.17) is 9.52 Å². The first-order valence-corrected chi connectivity index (χ1v) is 7.36. The molecule has 1 heterocycles. The lowest BCUT2D eigenvalue weighted by atomic mass is 10.2. The fourth-order valence-electron chi connectivity index (χ4n) is 2.28. The van der Waals surface area contributed by atoms with Crippen LogP contribution < -0.4 is 5.32 Å². The highest BCUT2D eigenvalue weighted by Crippen LogP contribution is 2.29. The molecule has 0 unspecified atom stereocenters. The summed E-state index contributed by atoms with van der Waals surface area (Å²) in [7, 11) is 0. The number of carbonyl (C=O) groups is 2. The molecule has 1 aliphatic carbocycles. The Hall–Kier alpha value is -1.98. The van der Waals surface area contributed by atoms with Crippen molar-refractivity contribution in [2.45, 2.75) is 39.7 Å². The zero-order valence-electron chi connectivity index (χ0n) is 12.5. The molecule has 2 amide bonds. The summed E-state index contributed by atoms with van der Waals surface area (Å²) in [5.41, 5.74) is 0.141. The van der Waals surface area contributed by atoms with Crippen molar-refractivity contribution in [3.63, 3.8) is 0 Å². The number of furan rings is 1. The number of carboxylic acids is 1. The predicted octanol–water partition coefficient (Wildman–Crippen LogP) is 2.62. The Morgan fingerprint density at radius 2 is 2.19 bits per heavy atom. The first-order valence-electron chi connectivity index (χ1n) is 7.36. The minimum Gasteiger partial charge on any atom is -0.478 e. The second-order valence-corrected chi connectivity index (χ2v) is 5.54. The van der Waals surface area contributed by atoms with Crippen molar-refractivity contribution in [3.8, 4) is 0 Å². The van der Waals surface area contributed by atoms with Crippen molar-refractivity contribution < 1.29 is 19.1 Å². The molecule has 0 spiro atoms. The molecule has 21 heavy (non-hydrogen) atoms. The van der Waals surface area contributed by atoms with Gasteiger partial charge >= 0.3 is 12.0 Å². The van der Waals surface area contributed by atoms with Crippen LogP contribution in [-0.2, 0) is 6.54 Å². The molecule has 116 valence electrons. The van der Waals surface area contributed by atoms with Crippen LogP contribution in [0.25, 0.3) is 0 Å². The van der Waals surface area contributed by atoms with Gasteiger partial charge in [-0.05, 0) is 38.2 Å². The van der Waals surface area contributed by atoms with Crippen LogP contribution in [0.1, 0.15) is 48.1 Å². The van der Waals surface area contributed by atoms with E-state index in [1.807, 2.05) is 11.8 Å². The van der Waals surface area contributed by atoms with Crippen molar-refractivity contribution in [3.05, 3.63) is 23.2 Å². The molecule has 2 N–H and O–H groups in total. The molecule has 6 nitrogen and oxygen atoms in total. The molecular weight excluding hydrogens is 272 g/mol. The molecule has 1 aliphatic rings. The number of nitrogens with one attached hydrogen (secondary N) is 1. The molecule has 0 bridgehead atoms. The fourth-order valence-corrected chi connectivity index (χ4v) is 2.28. The van der Waals surface area contributed by atoms with E-state index in [1.54, 1.807) is 6.92 Å². The van der Waals surface area contributed by atoms with Crippen LogP contribution in [0.3, 0.4) is 0 Å². The number of hydrogen-bond acceptors (Lipinski definition) is 3. The van der Waals surface area contributed by atoms with Gasteiger partial charge in [-0.2, -0.15) is 0 Å². The Balaban J connectivity index is 1.89. The Bertz CT molecular complexity index is 520. The topological polar surface area (TPSA) is 82.8 Å². The maximum Gasteiger partial charge on any atom is 0.339 e. The summed E-state index contributed by atoms with van der Waals surface area (Å²) in [6.45, 7) is 5.39. The van der Waals surface area contributed by atoms with Crippen molar-refractivity contribution in [1.29, 1.82) is 0 Å². The summed E-state index contributed by atoms with van der Waals surface area (Å²) in [6, 6.07) is 1.35. The maximum absolute atomic E-state index is 12.2. The number of amides is 2. The van der Waals surface area contributed by atoms with E-state index in [2.05, 4.69) is 5.32 Å². The Morgan fingerprint density at radius 3 is 2.71 bits per heavy atom. The fraction of sp³-hybridized carbons (Fsp3) is 0.600. The molecule has 1 aromatic rings. The van der Waals surface area contributed by atoms with E-state index in [0.29, 0.717) is 17.4 Å². The molecule has 1 aromatic heterocycles. The molecule has 0 aliphatic heterocycles. The van der Waals surface area contributed by atoms with Crippen LogP contribution >= 0.6 is 0 Å². The Kier molecular flexibility index (Phi) is 4.88. The van der Waals surface area contributed by atoms with Crippen molar-refractivity contribution >= 4 is 12.0 Å². The highest BCUT2D eigenvalue weighted by atomic mass is 16.4. The normalized spacial score (nSPS) is 14.0. The summed E-state index contributed by atoms with van der Waals surface area (Å²) in [4.78, 5) is 24.9. The zero-order chi connectivity index (χ0) is 15.4. The van der Waals surface area contributed by atoms with E-state index in [0.717, 1.165) is 19.5 Å². The van der Waals surface area contributed by atoms with E-state index >= 15 is 0 Å². The number of urea groups is 1. The summed E-state index contributed by atoms with van der Waals surface area (Å²) in [5.74, 6) is 0.443. The highest BCUT2D eigenvalue weighted by Gasteiger charge is 2.26. The summed E-state index contributed by atoms with van der Waals surface area (Å²) in [6.07, 6.45) is 3.32. The van der Waals surface area contributed by atoms with Crippen molar-refractivity contribution in [2.75, 3.05) is 13.1 Å². The number of aromatic carboxylic acids is 1. The van der Waals surface area contributed by atoms with Crippen LogP contribution in [0, 0.1) is 12.8 Å². The Morgan fingerprint density at radius 1 is 1.48 bits per heavy atom. The van der Waals surface area contributed by atoms with Gasteiger partial charge in [0.05, 0.1) is 6.54 Å². The van der Waals surface area contributed by atoms with Crippen LogP contribution in [0.2, 0.25) is 0 Å². The van der Waals surface area contributed by atoms with Gasteiger partial charge in [0.1, 0.15) is 17.1 Å². The molecular formula is C15H22N2O4. The minimum absolute atomic E-state index is 0.116. The number of aryl methyl sites for hydroxylation is 1. The lowest BCUT2D eigenvalue weighted by Gasteiger charge is -2.22. The average molecular weight is 294 g/mol. The summed E-state index contributed by atoms with van der Waals surface area (Å²) >= 11 is 0. The maximum atomic E-state index is 12.2. The SMILES string of the molecule is CCCN(CC1CC1)C(=O)NCc1cc(C(=O)O)c(C)o1. The second kappa shape index (κ2) is 6.65. The van der Waals surface area contributed by atoms with Gasteiger partial charge in [-0.3, -0.25) is 0 Å². The smallest absolute Gasteiger partial charge is 0.339 e. The van der Waals surface area contributed by atoms with Crippen molar-refractivity contribution in [1.82, 2.24) is 10.2 Å². The Labute approximate surface area is 124 Å². The zero-order valence-corrected chi connectivity index (χ0v) is 12.5. The monoisotopic (exact) mass is 294 g/mol. The largest absolute Gasteiger partial charge is 0.478 e. The number of rotatable bonds is 7. The second-order valence-electron chi connectivity index (χ2n) is 5.54. The molecule has 0 radical (unpaired) electrons. The molecule has 0 saturated heterocycles. The van der Waals surface area contributed by atoms with Gasteiger partial charge in [-0.15, -0.1) is 0 Å². The molecule has 1 saturated carbocycles. The molecule has 1 fully saturated rings. The summed E-state index contributed by atoms with van der Waals surface area (Å²) < 4.78 is 5.35. The van der Waals surface area contributed by atoms with Gasteiger partial charge in [0.25, 0.3) is 0 Å². The van der Waals surface area contributed by atoms with Gasteiger partial charge in [0.2, 0.25) is 0 Å². The predicted molar refractivity (Wildman–Crippen MR) is 77.2 cm³/mol. The lowest BCUT2D eigenvalue weighted by molar-refractivity contribution is 0.0695. The third-order valence-electron chi connectivity index (χ3n) is 3.57. The average Bonchev–Trinajstić information content (AvgIpc) is 3.16. The lowest BCUT2D eigenvalue weighted by Crippen LogP contribution is -2.41. The van der Waals surface area contributed by atoms with Crippen LogP contribution in [0.5, 0.6) is 0 Å². The standard InChI is InChI=1S/C15H22N2O4/c1-3-6-17(9-11-4-5-11)15(20)16-8-12-7-13(14(18)19)10(2)21-12/h7,11H,3-6,8-9H2,1-2H3,(H,16,20)(H,18,19). The molecule has 6 heteroatoms. The first-order chi connectivity index (χ1) is 10.0.